The van der Waals surface area contributed by atoms with Gasteiger partial charge in [0, 0.05) is 28.9 Å². The number of anilines is 3. The van der Waals surface area contributed by atoms with E-state index < -0.39 is 16.6 Å². The van der Waals surface area contributed by atoms with Crippen molar-refractivity contribution >= 4 is 39.5 Å². The first-order valence-corrected chi connectivity index (χ1v) is 7.03. The number of nitrogen functional groups attached to an aromatic ring is 2. The van der Waals surface area contributed by atoms with Gasteiger partial charge in [0.2, 0.25) is 0 Å². The lowest BCUT2D eigenvalue weighted by Gasteiger charge is -2.17. The van der Waals surface area contributed by atoms with E-state index in [2.05, 4.69) is 5.32 Å². The van der Waals surface area contributed by atoms with Gasteiger partial charge in [0.05, 0.1) is 17.1 Å². The van der Waals surface area contributed by atoms with E-state index in [-0.39, 0.29) is 28.1 Å². The van der Waals surface area contributed by atoms with Crippen molar-refractivity contribution < 1.29 is 8.60 Å². The van der Waals surface area contributed by atoms with Crippen LogP contribution < -0.4 is 16.8 Å². The van der Waals surface area contributed by atoms with Crippen LogP contribution in [0.25, 0.3) is 0 Å². The molecular formula is C10H15ClFN3OS. The Morgan fingerprint density at radius 1 is 1.53 bits per heavy atom. The number of hydrogen-bond acceptors (Lipinski definition) is 4. The van der Waals surface area contributed by atoms with Crippen LogP contribution >= 0.6 is 11.6 Å². The molecule has 0 aromatic heterocycles. The highest BCUT2D eigenvalue weighted by Crippen LogP contribution is 2.33. The van der Waals surface area contributed by atoms with E-state index in [1.54, 1.807) is 13.2 Å². The predicted molar refractivity (Wildman–Crippen MR) is 72.3 cm³/mol. The Morgan fingerprint density at radius 2 is 2.12 bits per heavy atom. The highest BCUT2D eigenvalue weighted by molar-refractivity contribution is 7.84. The molecular weight excluding hydrogens is 265 g/mol. The number of nitrogens with two attached hydrogens (primary N) is 2. The summed E-state index contributed by atoms with van der Waals surface area (Å²) in [5, 5.41) is 2.68. The van der Waals surface area contributed by atoms with Gasteiger partial charge in [-0.3, -0.25) is 4.21 Å². The molecule has 1 aromatic carbocycles. The van der Waals surface area contributed by atoms with E-state index in [0.717, 1.165) is 0 Å². The van der Waals surface area contributed by atoms with Gasteiger partial charge in [0.1, 0.15) is 5.02 Å². The molecule has 7 heteroatoms. The number of hydrogen-bond donors (Lipinski definition) is 3. The minimum Gasteiger partial charge on any atom is -0.397 e. The van der Waals surface area contributed by atoms with Crippen molar-refractivity contribution in [2.24, 2.45) is 0 Å². The van der Waals surface area contributed by atoms with Crippen LogP contribution in [0.3, 0.4) is 0 Å². The summed E-state index contributed by atoms with van der Waals surface area (Å²) in [7, 11) is -0.976. The second kappa shape index (κ2) is 5.55. The van der Waals surface area contributed by atoms with Gasteiger partial charge in [-0.2, -0.15) is 0 Å². The molecule has 2 unspecified atom stereocenters. The monoisotopic (exact) mass is 279 g/mol. The first-order valence-electron chi connectivity index (χ1n) is 4.92. The third kappa shape index (κ3) is 3.47. The molecule has 0 radical (unpaired) electrons. The van der Waals surface area contributed by atoms with Gasteiger partial charge in [-0.15, -0.1) is 0 Å². The average Bonchev–Trinajstić information content (AvgIpc) is 2.20. The highest BCUT2D eigenvalue weighted by Gasteiger charge is 2.16. The minimum atomic E-state index is -0.976. The van der Waals surface area contributed by atoms with Crippen LogP contribution in [0.15, 0.2) is 6.07 Å². The normalized spacial score (nSPS) is 14.4. The molecule has 5 N–H and O–H groups in total. The van der Waals surface area contributed by atoms with Gasteiger partial charge in [-0.25, -0.2) is 4.39 Å². The first-order chi connectivity index (χ1) is 7.82. The van der Waals surface area contributed by atoms with Gasteiger partial charge in [-0.05, 0) is 13.0 Å². The van der Waals surface area contributed by atoms with Crippen molar-refractivity contribution in [3.8, 4) is 0 Å². The molecule has 1 aromatic rings. The Kier molecular flexibility index (Phi) is 4.59. The molecule has 0 aliphatic carbocycles. The van der Waals surface area contributed by atoms with E-state index in [1.807, 2.05) is 0 Å². The summed E-state index contributed by atoms with van der Waals surface area (Å²) in [6.45, 7) is 1.78. The summed E-state index contributed by atoms with van der Waals surface area (Å²) in [5.74, 6) is -0.293. The Bertz CT molecular complexity index is 456. The third-order valence-electron chi connectivity index (χ3n) is 2.14. The lowest BCUT2D eigenvalue weighted by atomic mass is 10.2. The zero-order valence-corrected chi connectivity index (χ0v) is 11.2. The van der Waals surface area contributed by atoms with Crippen molar-refractivity contribution in [1.82, 2.24) is 0 Å². The Morgan fingerprint density at radius 3 is 2.65 bits per heavy atom. The molecule has 0 aliphatic rings. The summed E-state index contributed by atoms with van der Waals surface area (Å²) < 4.78 is 24.8. The van der Waals surface area contributed by atoms with Crippen LogP contribution in [0.2, 0.25) is 5.02 Å². The van der Waals surface area contributed by atoms with E-state index in [9.17, 15) is 8.60 Å². The molecule has 2 atom stereocenters. The summed E-state index contributed by atoms with van der Waals surface area (Å²) in [5.41, 5.74) is 11.5. The standard InChI is InChI=1S/C10H15ClFN3OS/c1-5(4-17(2)16)15-10-7(14)3-6(13)8(11)9(10)12/h3,5,15H,4,13-14H2,1-2H3. The van der Waals surface area contributed by atoms with Gasteiger partial charge in [0.25, 0.3) is 0 Å². The summed E-state index contributed by atoms with van der Waals surface area (Å²) in [6, 6.07) is 1.21. The highest BCUT2D eigenvalue weighted by atomic mass is 35.5. The molecule has 17 heavy (non-hydrogen) atoms. The molecule has 1 rings (SSSR count). The molecule has 0 saturated carbocycles. The average molecular weight is 280 g/mol. The van der Waals surface area contributed by atoms with Gasteiger partial charge in [0.15, 0.2) is 5.82 Å². The third-order valence-corrected chi connectivity index (χ3v) is 3.49. The molecule has 96 valence electrons. The number of rotatable bonds is 4. The van der Waals surface area contributed by atoms with Crippen molar-refractivity contribution in [2.45, 2.75) is 13.0 Å². The maximum absolute atomic E-state index is 13.8. The number of halogens is 2. The second-order valence-electron chi connectivity index (χ2n) is 3.84. The van der Waals surface area contributed by atoms with E-state index in [4.69, 9.17) is 23.1 Å². The maximum Gasteiger partial charge on any atom is 0.169 e. The van der Waals surface area contributed by atoms with Crippen LogP contribution in [0.1, 0.15) is 6.92 Å². The maximum atomic E-state index is 13.8. The Balaban J connectivity index is 2.99. The first kappa shape index (κ1) is 14.1. The van der Waals surface area contributed by atoms with Crippen molar-refractivity contribution in [3.05, 3.63) is 16.9 Å². The summed E-state index contributed by atoms with van der Waals surface area (Å²) in [4.78, 5) is 0. The smallest absolute Gasteiger partial charge is 0.169 e. The molecule has 0 heterocycles. The fourth-order valence-electron chi connectivity index (χ4n) is 1.45. The van der Waals surface area contributed by atoms with Crippen LogP contribution in [0, 0.1) is 5.82 Å². The lowest BCUT2D eigenvalue weighted by Crippen LogP contribution is -2.23. The van der Waals surface area contributed by atoms with E-state index >= 15 is 0 Å². The lowest BCUT2D eigenvalue weighted by molar-refractivity contribution is 0.629. The van der Waals surface area contributed by atoms with Crippen LogP contribution in [-0.2, 0) is 10.8 Å². The molecule has 0 amide bonds. The largest absolute Gasteiger partial charge is 0.397 e. The van der Waals surface area contributed by atoms with E-state index in [1.165, 1.54) is 6.07 Å². The molecule has 0 fully saturated rings. The van der Waals surface area contributed by atoms with E-state index in [0.29, 0.717) is 5.75 Å². The fourth-order valence-corrected chi connectivity index (χ4v) is 2.39. The molecule has 0 spiro atoms. The second-order valence-corrected chi connectivity index (χ2v) is 5.70. The van der Waals surface area contributed by atoms with Crippen LogP contribution in [0.4, 0.5) is 21.5 Å². The van der Waals surface area contributed by atoms with Crippen molar-refractivity contribution in [3.63, 3.8) is 0 Å². The number of nitrogens with one attached hydrogen (secondary N) is 1. The summed E-state index contributed by atoms with van der Waals surface area (Å²) >= 11 is 5.69. The zero-order valence-electron chi connectivity index (χ0n) is 9.59. The van der Waals surface area contributed by atoms with Gasteiger partial charge < -0.3 is 16.8 Å². The molecule has 0 bridgehead atoms. The quantitative estimate of drug-likeness (QED) is 0.735. The molecule has 0 aliphatic heterocycles. The SMILES string of the molecule is CC(CS(C)=O)Nc1c(N)cc(N)c(Cl)c1F. The van der Waals surface area contributed by atoms with Crippen molar-refractivity contribution in [2.75, 3.05) is 28.8 Å². The van der Waals surface area contributed by atoms with Crippen LogP contribution in [0.5, 0.6) is 0 Å². The van der Waals surface area contributed by atoms with Gasteiger partial charge >= 0.3 is 0 Å². The van der Waals surface area contributed by atoms with Crippen molar-refractivity contribution in [1.29, 1.82) is 0 Å². The zero-order chi connectivity index (χ0) is 13.2. The topological polar surface area (TPSA) is 81.1 Å². The molecule has 4 nitrogen and oxygen atoms in total. The Labute approximate surface area is 107 Å². The Hall–Kier alpha value is -1.01. The molecule has 0 saturated heterocycles. The summed E-state index contributed by atoms with van der Waals surface area (Å²) in [6.07, 6.45) is 1.58. The fraction of sp³-hybridized carbons (Fsp3) is 0.400. The minimum absolute atomic E-state index is 0.0962. The van der Waals surface area contributed by atoms with Gasteiger partial charge in [-0.1, -0.05) is 11.6 Å². The number of benzene rings is 1. The predicted octanol–water partition coefficient (Wildman–Crippen LogP) is 1.82. The van der Waals surface area contributed by atoms with Crippen LogP contribution in [-0.4, -0.2) is 22.3 Å².